The number of anilines is 2. The highest BCUT2D eigenvalue weighted by Gasteiger charge is 2.05. The van der Waals surface area contributed by atoms with E-state index in [1.807, 2.05) is 25.1 Å². The van der Waals surface area contributed by atoms with Gasteiger partial charge in [-0.15, -0.1) is 0 Å². The molecule has 2 N–H and O–H groups in total. The van der Waals surface area contributed by atoms with Gasteiger partial charge < -0.3 is 20.1 Å². The van der Waals surface area contributed by atoms with Crippen LogP contribution >= 0.6 is 0 Å². The number of nitrogens with one attached hydrogen (secondary N) is 2. The minimum absolute atomic E-state index is 0.630. The molecule has 0 bridgehead atoms. The Labute approximate surface area is 124 Å². The largest absolute Gasteiger partial charge is 0.493 e. The van der Waals surface area contributed by atoms with Gasteiger partial charge in [0.05, 0.1) is 26.6 Å². The van der Waals surface area contributed by atoms with Crippen LogP contribution in [-0.2, 0) is 6.54 Å². The smallest absolute Gasteiger partial charge is 0.161 e. The van der Waals surface area contributed by atoms with Crippen molar-refractivity contribution in [1.82, 2.24) is 9.97 Å². The maximum absolute atomic E-state index is 5.29. The van der Waals surface area contributed by atoms with Crippen molar-refractivity contribution in [3.8, 4) is 11.5 Å². The predicted octanol–water partition coefficient (Wildman–Crippen LogP) is 2.54. The number of rotatable bonds is 7. The summed E-state index contributed by atoms with van der Waals surface area (Å²) >= 11 is 0. The molecule has 1 aromatic carbocycles. The fourth-order valence-electron chi connectivity index (χ4n) is 1.90. The molecule has 0 spiro atoms. The van der Waals surface area contributed by atoms with Crippen LogP contribution in [0.25, 0.3) is 0 Å². The molecule has 0 saturated heterocycles. The molecule has 1 heterocycles. The third-order valence-corrected chi connectivity index (χ3v) is 2.91. The van der Waals surface area contributed by atoms with Crippen molar-refractivity contribution in [2.75, 3.05) is 31.4 Å². The van der Waals surface area contributed by atoms with E-state index in [4.69, 9.17) is 9.47 Å². The van der Waals surface area contributed by atoms with E-state index in [2.05, 4.69) is 20.6 Å². The van der Waals surface area contributed by atoms with Crippen LogP contribution in [-0.4, -0.2) is 30.7 Å². The fraction of sp³-hybridized carbons (Fsp3) is 0.333. The van der Waals surface area contributed by atoms with Crippen LogP contribution in [0.1, 0.15) is 12.5 Å². The maximum Gasteiger partial charge on any atom is 0.161 e. The minimum atomic E-state index is 0.630. The molecule has 2 aromatic rings. The first-order valence-electron chi connectivity index (χ1n) is 6.77. The van der Waals surface area contributed by atoms with Crippen molar-refractivity contribution in [3.05, 3.63) is 36.2 Å². The minimum Gasteiger partial charge on any atom is -0.493 e. The summed E-state index contributed by atoms with van der Waals surface area (Å²) < 4.78 is 10.5. The second kappa shape index (κ2) is 7.33. The van der Waals surface area contributed by atoms with Gasteiger partial charge in [0, 0.05) is 13.1 Å². The Morgan fingerprint density at radius 3 is 2.38 bits per heavy atom. The van der Waals surface area contributed by atoms with E-state index in [0.29, 0.717) is 12.3 Å². The van der Waals surface area contributed by atoms with Gasteiger partial charge in [0.25, 0.3) is 0 Å². The first-order chi connectivity index (χ1) is 10.3. The molecule has 0 aliphatic rings. The average molecular weight is 288 g/mol. The van der Waals surface area contributed by atoms with E-state index in [1.54, 1.807) is 26.6 Å². The molecule has 112 valence electrons. The lowest BCUT2D eigenvalue weighted by atomic mass is 10.2. The zero-order valence-corrected chi connectivity index (χ0v) is 12.5. The van der Waals surface area contributed by atoms with Crippen molar-refractivity contribution in [1.29, 1.82) is 0 Å². The highest BCUT2D eigenvalue weighted by atomic mass is 16.5. The van der Waals surface area contributed by atoms with Crippen LogP contribution in [0.4, 0.5) is 11.6 Å². The molecule has 0 saturated carbocycles. The SMILES string of the molecule is CCNc1cncc(NCc2ccc(OC)c(OC)c2)n1. The molecule has 0 fully saturated rings. The van der Waals surface area contributed by atoms with E-state index in [1.165, 1.54) is 0 Å². The summed E-state index contributed by atoms with van der Waals surface area (Å²) in [7, 11) is 3.25. The Kier molecular flexibility index (Phi) is 5.20. The maximum atomic E-state index is 5.29. The second-order valence-corrected chi connectivity index (χ2v) is 4.36. The number of benzene rings is 1. The normalized spacial score (nSPS) is 10.0. The molecule has 0 amide bonds. The van der Waals surface area contributed by atoms with Crippen molar-refractivity contribution in [3.63, 3.8) is 0 Å². The van der Waals surface area contributed by atoms with Crippen molar-refractivity contribution in [2.24, 2.45) is 0 Å². The molecule has 6 nitrogen and oxygen atoms in total. The van der Waals surface area contributed by atoms with E-state index >= 15 is 0 Å². The van der Waals surface area contributed by atoms with Gasteiger partial charge in [-0.05, 0) is 24.6 Å². The summed E-state index contributed by atoms with van der Waals surface area (Å²) in [6.45, 7) is 3.46. The van der Waals surface area contributed by atoms with Crippen LogP contribution in [0.15, 0.2) is 30.6 Å². The van der Waals surface area contributed by atoms with Crippen molar-refractivity contribution in [2.45, 2.75) is 13.5 Å². The van der Waals surface area contributed by atoms with Gasteiger partial charge in [-0.1, -0.05) is 6.07 Å². The molecule has 0 radical (unpaired) electrons. The zero-order chi connectivity index (χ0) is 15.1. The average Bonchev–Trinajstić information content (AvgIpc) is 2.53. The Bertz CT molecular complexity index is 590. The first-order valence-corrected chi connectivity index (χ1v) is 6.77. The van der Waals surface area contributed by atoms with Gasteiger partial charge in [-0.2, -0.15) is 0 Å². The fourth-order valence-corrected chi connectivity index (χ4v) is 1.90. The lowest BCUT2D eigenvalue weighted by Gasteiger charge is -2.11. The number of hydrogen-bond acceptors (Lipinski definition) is 6. The van der Waals surface area contributed by atoms with E-state index < -0.39 is 0 Å². The summed E-state index contributed by atoms with van der Waals surface area (Å²) in [6, 6.07) is 5.81. The molecule has 21 heavy (non-hydrogen) atoms. The zero-order valence-electron chi connectivity index (χ0n) is 12.5. The molecular weight excluding hydrogens is 268 g/mol. The lowest BCUT2D eigenvalue weighted by Crippen LogP contribution is -2.05. The molecule has 0 unspecified atom stereocenters. The molecule has 1 aromatic heterocycles. The third-order valence-electron chi connectivity index (χ3n) is 2.91. The van der Waals surface area contributed by atoms with Gasteiger partial charge >= 0.3 is 0 Å². The Balaban J connectivity index is 2.04. The predicted molar refractivity (Wildman–Crippen MR) is 83.1 cm³/mol. The number of ether oxygens (including phenoxy) is 2. The first kappa shape index (κ1) is 14.9. The molecule has 0 atom stereocenters. The van der Waals surface area contributed by atoms with Gasteiger partial charge in [0.15, 0.2) is 11.5 Å². The van der Waals surface area contributed by atoms with Crippen LogP contribution in [0.2, 0.25) is 0 Å². The second-order valence-electron chi connectivity index (χ2n) is 4.36. The van der Waals surface area contributed by atoms with E-state index in [-0.39, 0.29) is 0 Å². The highest BCUT2D eigenvalue weighted by Crippen LogP contribution is 2.27. The number of methoxy groups -OCH3 is 2. The van der Waals surface area contributed by atoms with Crippen LogP contribution in [0, 0.1) is 0 Å². The molecule has 6 heteroatoms. The van der Waals surface area contributed by atoms with Crippen LogP contribution < -0.4 is 20.1 Å². The van der Waals surface area contributed by atoms with Crippen molar-refractivity contribution < 1.29 is 9.47 Å². The summed E-state index contributed by atoms with van der Waals surface area (Å²) in [5.74, 6) is 2.91. The Hall–Kier alpha value is -2.50. The highest BCUT2D eigenvalue weighted by molar-refractivity contribution is 5.45. The van der Waals surface area contributed by atoms with Gasteiger partial charge in [0.2, 0.25) is 0 Å². The molecule has 2 rings (SSSR count). The van der Waals surface area contributed by atoms with Crippen LogP contribution in [0.3, 0.4) is 0 Å². The molecular formula is C15H20N4O2. The molecule has 0 aliphatic heterocycles. The quantitative estimate of drug-likeness (QED) is 0.816. The number of nitrogens with zero attached hydrogens (tertiary/aromatic N) is 2. The van der Waals surface area contributed by atoms with E-state index in [9.17, 15) is 0 Å². The molecule has 0 aliphatic carbocycles. The standard InChI is InChI=1S/C15H20N4O2/c1-4-17-14-9-16-10-15(19-14)18-8-11-5-6-12(20-2)13(7-11)21-3/h5-7,9-10H,4,8H2,1-3H3,(H2,17,18,19). The van der Waals surface area contributed by atoms with E-state index in [0.717, 1.165) is 29.5 Å². The van der Waals surface area contributed by atoms with Crippen molar-refractivity contribution >= 4 is 11.6 Å². The van der Waals surface area contributed by atoms with Gasteiger partial charge in [-0.3, -0.25) is 4.98 Å². The monoisotopic (exact) mass is 288 g/mol. The topological polar surface area (TPSA) is 68.3 Å². The van der Waals surface area contributed by atoms with Gasteiger partial charge in [-0.25, -0.2) is 4.98 Å². The summed E-state index contributed by atoms with van der Waals surface area (Å²) in [6.07, 6.45) is 3.40. The summed E-state index contributed by atoms with van der Waals surface area (Å²) in [4.78, 5) is 8.56. The third kappa shape index (κ3) is 3.98. The Morgan fingerprint density at radius 1 is 1.00 bits per heavy atom. The summed E-state index contributed by atoms with van der Waals surface area (Å²) in [5, 5.41) is 6.37. The number of aromatic nitrogens is 2. The number of hydrogen-bond donors (Lipinski definition) is 2. The van der Waals surface area contributed by atoms with Gasteiger partial charge in [0.1, 0.15) is 11.6 Å². The summed E-state index contributed by atoms with van der Waals surface area (Å²) in [5.41, 5.74) is 1.07. The Morgan fingerprint density at radius 2 is 1.71 bits per heavy atom. The van der Waals surface area contributed by atoms with Crippen LogP contribution in [0.5, 0.6) is 11.5 Å². The lowest BCUT2D eigenvalue weighted by molar-refractivity contribution is 0.354.